The molecular formula is C16H23N3O2. The van der Waals surface area contributed by atoms with Crippen LogP contribution in [0.15, 0.2) is 24.5 Å². The molecule has 1 aliphatic carbocycles. The maximum atomic E-state index is 12.0. The molecule has 0 radical (unpaired) electrons. The van der Waals surface area contributed by atoms with Gasteiger partial charge in [0.1, 0.15) is 5.60 Å². The Morgan fingerprint density at radius 2 is 2.14 bits per heavy atom. The van der Waals surface area contributed by atoms with E-state index < -0.39 is 5.60 Å². The highest BCUT2D eigenvalue weighted by atomic mass is 16.6. The molecule has 2 fully saturated rings. The van der Waals surface area contributed by atoms with Crippen molar-refractivity contribution in [2.24, 2.45) is 11.8 Å². The average Bonchev–Trinajstić information content (AvgIpc) is 2.87. The summed E-state index contributed by atoms with van der Waals surface area (Å²) in [6.07, 6.45) is 3.49. The first-order valence-electron chi connectivity index (χ1n) is 7.54. The van der Waals surface area contributed by atoms with Crippen molar-refractivity contribution in [2.45, 2.75) is 39.0 Å². The Balaban J connectivity index is 1.43. The number of ether oxygens (including phenoxy) is 1. The summed E-state index contributed by atoms with van der Waals surface area (Å²) in [5.41, 5.74) is 0.786. The largest absolute Gasteiger partial charge is 0.444 e. The number of aromatic nitrogens is 1. The highest BCUT2D eigenvalue weighted by Crippen LogP contribution is 2.45. The molecule has 1 N–H and O–H groups in total. The van der Waals surface area contributed by atoms with Gasteiger partial charge in [-0.3, -0.25) is 4.98 Å². The van der Waals surface area contributed by atoms with Crippen molar-refractivity contribution in [1.82, 2.24) is 15.2 Å². The predicted octanol–water partition coefficient (Wildman–Crippen LogP) is 2.04. The van der Waals surface area contributed by atoms with E-state index >= 15 is 0 Å². The third-order valence-electron chi connectivity index (χ3n) is 4.11. The molecule has 2 heterocycles. The highest BCUT2D eigenvalue weighted by molar-refractivity contribution is 5.69. The normalized spacial score (nSPS) is 27.4. The van der Waals surface area contributed by atoms with Gasteiger partial charge < -0.3 is 15.0 Å². The smallest absolute Gasteiger partial charge is 0.410 e. The van der Waals surface area contributed by atoms with E-state index in [1.54, 1.807) is 6.20 Å². The second kappa shape index (κ2) is 5.30. The lowest BCUT2D eigenvalue weighted by Gasteiger charge is -2.26. The van der Waals surface area contributed by atoms with E-state index in [-0.39, 0.29) is 6.09 Å². The lowest BCUT2D eigenvalue weighted by atomic mass is 10.2. The van der Waals surface area contributed by atoms with Crippen LogP contribution in [0, 0.1) is 11.8 Å². The number of hydrogen-bond acceptors (Lipinski definition) is 4. The fraction of sp³-hybridized carbons (Fsp3) is 0.625. The predicted molar refractivity (Wildman–Crippen MR) is 79.7 cm³/mol. The van der Waals surface area contributed by atoms with E-state index in [0.29, 0.717) is 17.9 Å². The van der Waals surface area contributed by atoms with Gasteiger partial charge in [0.25, 0.3) is 0 Å². The number of fused-ring (bicyclic) bond motifs is 1. The van der Waals surface area contributed by atoms with E-state index in [1.165, 1.54) is 5.56 Å². The molecule has 21 heavy (non-hydrogen) atoms. The lowest BCUT2D eigenvalue weighted by molar-refractivity contribution is 0.0269. The fourth-order valence-electron chi connectivity index (χ4n) is 3.04. The summed E-state index contributed by atoms with van der Waals surface area (Å²) < 4.78 is 5.41. The van der Waals surface area contributed by atoms with E-state index in [2.05, 4.69) is 16.4 Å². The number of pyridine rings is 1. The molecule has 1 amide bonds. The molecule has 0 aromatic carbocycles. The second-order valence-corrected chi connectivity index (χ2v) is 6.98. The molecular weight excluding hydrogens is 266 g/mol. The minimum Gasteiger partial charge on any atom is -0.444 e. The Kier molecular flexibility index (Phi) is 3.61. The molecule has 2 aliphatic rings. The van der Waals surface area contributed by atoms with E-state index in [0.717, 1.165) is 19.6 Å². The molecule has 5 heteroatoms. The topological polar surface area (TPSA) is 54.5 Å². The number of amides is 1. The van der Waals surface area contributed by atoms with Gasteiger partial charge in [-0.15, -0.1) is 0 Å². The number of carbonyl (C=O) groups is 1. The summed E-state index contributed by atoms with van der Waals surface area (Å²) in [6, 6.07) is 4.56. The molecule has 2 atom stereocenters. The highest BCUT2D eigenvalue weighted by Gasteiger charge is 2.56. The van der Waals surface area contributed by atoms with Crippen LogP contribution < -0.4 is 5.32 Å². The van der Waals surface area contributed by atoms with Crippen molar-refractivity contribution in [1.29, 1.82) is 0 Å². The molecule has 3 rings (SSSR count). The molecule has 1 saturated heterocycles. The molecule has 5 nitrogen and oxygen atoms in total. The Hall–Kier alpha value is -1.62. The van der Waals surface area contributed by atoms with Crippen LogP contribution in [0.4, 0.5) is 4.79 Å². The fourth-order valence-corrected chi connectivity index (χ4v) is 3.04. The molecule has 1 aromatic rings. The van der Waals surface area contributed by atoms with Crippen LogP contribution in [0.2, 0.25) is 0 Å². The van der Waals surface area contributed by atoms with Crippen LogP contribution in [0.1, 0.15) is 26.3 Å². The van der Waals surface area contributed by atoms with Crippen LogP contribution in [0.25, 0.3) is 0 Å². The number of nitrogens with zero attached hydrogens (tertiary/aromatic N) is 2. The summed E-state index contributed by atoms with van der Waals surface area (Å²) in [6.45, 7) is 8.17. The van der Waals surface area contributed by atoms with Crippen molar-refractivity contribution >= 4 is 6.09 Å². The SMILES string of the molecule is CC(C)(C)OC(=O)N1CC2C(C1)C2NCc1cccnc1. The molecule has 1 aromatic heterocycles. The van der Waals surface area contributed by atoms with E-state index in [9.17, 15) is 4.79 Å². The van der Waals surface area contributed by atoms with Crippen LogP contribution >= 0.6 is 0 Å². The monoisotopic (exact) mass is 289 g/mol. The van der Waals surface area contributed by atoms with Crippen LogP contribution in [0.3, 0.4) is 0 Å². The Morgan fingerprint density at radius 1 is 1.43 bits per heavy atom. The van der Waals surface area contributed by atoms with Gasteiger partial charge in [-0.2, -0.15) is 0 Å². The van der Waals surface area contributed by atoms with Gasteiger partial charge in [-0.25, -0.2) is 4.79 Å². The Labute approximate surface area is 125 Å². The van der Waals surface area contributed by atoms with Crippen molar-refractivity contribution in [2.75, 3.05) is 13.1 Å². The van der Waals surface area contributed by atoms with Crippen LogP contribution in [0.5, 0.6) is 0 Å². The van der Waals surface area contributed by atoms with Crippen molar-refractivity contribution in [3.8, 4) is 0 Å². The molecule has 1 aliphatic heterocycles. The standard InChI is InChI=1S/C16H23N3O2/c1-16(2,3)21-15(20)19-9-12-13(10-19)14(12)18-8-11-5-4-6-17-7-11/h4-7,12-14,18H,8-10H2,1-3H3. The van der Waals surface area contributed by atoms with Crippen LogP contribution in [-0.4, -0.2) is 40.7 Å². The molecule has 0 spiro atoms. The summed E-state index contributed by atoms with van der Waals surface area (Å²) >= 11 is 0. The van der Waals surface area contributed by atoms with Crippen LogP contribution in [-0.2, 0) is 11.3 Å². The van der Waals surface area contributed by atoms with Gasteiger partial charge in [0.15, 0.2) is 0 Å². The minimum atomic E-state index is -0.415. The van der Waals surface area contributed by atoms with E-state index in [4.69, 9.17) is 4.74 Å². The van der Waals surface area contributed by atoms with Gasteiger partial charge in [0, 0.05) is 38.1 Å². The third-order valence-corrected chi connectivity index (χ3v) is 4.11. The quantitative estimate of drug-likeness (QED) is 0.925. The lowest BCUT2D eigenvalue weighted by Crippen LogP contribution is -2.39. The van der Waals surface area contributed by atoms with E-state index in [1.807, 2.05) is 37.9 Å². The third kappa shape index (κ3) is 3.35. The molecule has 1 saturated carbocycles. The number of rotatable bonds is 3. The first-order chi connectivity index (χ1) is 9.94. The van der Waals surface area contributed by atoms with Crippen molar-refractivity contribution < 1.29 is 9.53 Å². The molecule has 114 valence electrons. The Bertz CT molecular complexity index is 500. The zero-order valence-electron chi connectivity index (χ0n) is 12.9. The summed E-state index contributed by atoms with van der Waals surface area (Å²) in [5, 5.41) is 3.56. The zero-order chi connectivity index (χ0) is 15.0. The zero-order valence-corrected chi connectivity index (χ0v) is 12.9. The number of carbonyl (C=O) groups excluding carboxylic acids is 1. The first kappa shape index (κ1) is 14.3. The number of piperidine rings is 1. The van der Waals surface area contributed by atoms with Gasteiger partial charge in [-0.1, -0.05) is 6.07 Å². The van der Waals surface area contributed by atoms with Crippen molar-refractivity contribution in [3.63, 3.8) is 0 Å². The maximum Gasteiger partial charge on any atom is 0.410 e. The van der Waals surface area contributed by atoms with Gasteiger partial charge in [0.05, 0.1) is 0 Å². The summed E-state index contributed by atoms with van der Waals surface area (Å²) in [4.78, 5) is 17.9. The second-order valence-electron chi connectivity index (χ2n) is 6.98. The summed E-state index contributed by atoms with van der Waals surface area (Å²) in [7, 11) is 0. The summed E-state index contributed by atoms with van der Waals surface area (Å²) in [5.74, 6) is 1.16. The van der Waals surface area contributed by atoms with Gasteiger partial charge in [-0.05, 0) is 44.2 Å². The average molecular weight is 289 g/mol. The van der Waals surface area contributed by atoms with Gasteiger partial charge in [0.2, 0.25) is 0 Å². The van der Waals surface area contributed by atoms with Crippen molar-refractivity contribution in [3.05, 3.63) is 30.1 Å². The number of nitrogens with one attached hydrogen (secondary N) is 1. The number of likely N-dealkylation sites (tertiary alicyclic amines) is 1. The molecule has 0 bridgehead atoms. The first-order valence-corrected chi connectivity index (χ1v) is 7.54. The Morgan fingerprint density at radius 3 is 2.71 bits per heavy atom. The molecule has 2 unspecified atom stereocenters. The number of hydrogen-bond donors (Lipinski definition) is 1. The van der Waals surface area contributed by atoms with Gasteiger partial charge >= 0.3 is 6.09 Å². The maximum absolute atomic E-state index is 12.0. The minimum absolute atomic E-state index is 0.180.